The van der Waals surface area contributed by atoms with E-state index in [-0.39, 0.29) is 18.4 Å². The minimum absolute atomic E-state index is 0.239. The second-order valence-electron chi connectivity index (χ2n) is 7.30. The van der Waals surface area contributed by atoms with E-state index in [2.05, 4.69) is 25.3 Å². The van der Waals surface area contributed by atoms with Gasteiger partial charge >= 0.3 is 0 Å². The van der Waals surface area contributed by atoms with Gasteiger partial charge in [-0.05, 0) is 19.1 Å². The van der Waals surface area contributed by atoms with Crippen LogP contribution in [0.3, 0.4) is 0 Å². The molecule has 4 rings (SSSR count). The van der Waals surface area contributed by atoms with Gasteiger partial charge in [-0.2, -0.15) is 0 Å². The van der Waals surface area contributed by atoms with Gasteiger partial charge in [0.05, 0.1) is 23.4 Å². The van der Waals surface area contributed by atoms with Crippen LogP contribution >= 0.6 is 0 Å². The summed E-state index contributed by atoms with van der Waals surface area (Å²) in [6, 6.07) is 8.83. The van der Waals surface area contributed by atoms with Crippen LogP contribution in [0.2, 0.25) is 0 Å². The third-order valence-corrected chi connectivity index (χ3v) is 5.35. The highest BCUT2D eigenvalue weighted by molar-refractivity contribution is 6.21. The monoisotopic (exact) mass is 410 g/mol. The fourth-order valence-corrected chi connectivity index (χ4v) is 3.79. The number of nitrogens with zero attached hydrogens (tertiary/aromatic N) is 5. The van der Waals surface area contributed by atoms with Gasteiger partial charge in [0.2, 0.25) is 0 Å². The molecule has 9 heteroatoms. The van der Waals surface area contributed by atoms with Gasteiger partial charge in [0.15, 0.2) is 5.96 Å². The Bertz CT molecular complexity index is 884. The van der Waals surface area contributed by atoms with Gasteiger partial charge in [-0.15, -0.1) is 0 Å². The van der Waals surface area contributed by atoms with Crippen molar-refractivity contribution in [1.82, 2.24) is 25.2 Å². The van der Waals surface area contributed by atoms with E-state index in [1.54, 1.807) is 30.5 Å². The topological polar surface area (TPSA) is 94.3 Å². The number of amides is 2. The quantitative estimate of drug-likeness (QED) is 0.432. The van der Waals surface area contributed by atoms with Crippen molar-refractivity contribution in [2.75, 3.05) is 45.8 Å². The highest BCUT2D eigenvalue weighted by Crippen LogP contribution is 2.21. The Balaban J connectivity index is 1.32. The van der Waals surface area contributed by atoms with Crippen LogP contribution in [0.1, 0.15) is 33.3 Å². The van der Waals surface area contributed by atoms with E-state index in [0.717, 1.165) is 50.9 Å². The Morgan fingerprint density at radius 1 is 1.10 bits per heavy atom. The molecule has 0 spiro atoms. The summed E-state index contributed by atoms with van der Waals surface area (Å²) in [6.07, 6.45) is 1.59. The number of benzene rings is 1. The molecule has 158 valence electrons. The largest absolute Gasteiger partial charge is 0.364 e. The molecule has 3 heterocycles. The fraction of sp³-hybridized carbons (Fsp3) is 0.429. The van der Waals surface area contributed by atoms with Gasteiger partial charge in [0.25, 0.3) is 11.8 Å². The molecule has 2 aromatic rings. The van der Waals surface area contributed by atoms with Gasteiger partial charge in [0, 0.05) is 51.9 Å². The summed E-state index contributed by atoms with van der Waals surface area (Å²) in [5.74, 6) is 0.338. The Hall–Kier alpha value is -3.20. The minimum atomic E-state index is -0.239. The number of guanidine groups is 1. The standard InChI is InChI=1S/C21H26N6O3/c1-2-22-21(26-12-10-25(11-13-26)15-16-7-14-30-24-16)23-8-9-27-19(28)17-5-3-4-6-18(17)20(27)29/h3-7,14H,2,8-13,15H2,1H3,(H,22,23). The number of fused-ring (bicyclic) bond motifs is 1. The molecule has 9 nitrogen and oxygen atoms in total. The number of aromatic nitrogens is 1. The number of piperazine rings is 1. The maximum absolute atomic E-state index is 12.5. The second-order valence-corrected chi connectivity index (χ2v) is 7.30. The molecule has 0 atom stereocenters. The number of rotatable bonds is 6. The zero-order valence-corrected chi connectivity index (χ0v) is 17.1. The summed E-state index contributed by atoms with van der Waals surface area (Å²) in [5.41, 5.74) is 1.88. The molecule has 0 unspecified atom stereocenters. The number of imide groups is 1. The molecule has 1 aromatic carbocycles. The first-order valence-corrected chi connectivity index (χ1v) is 10.3. The molecular weight excluding hydrogens is 384 g/mol. The van der Waals surface area contributed by atoms with E-state index >= 15 is 0 Å². The molecule has 1 saturated heterocycles. The average molecular weight is 410 g/mol. The Morgan fingerprint density at radius 2 is 1.80 bits per heavy atom. The fourth-order valence-electron chi connectivity index (χ4n) is 3.79. The van der Waals surface area contributed by atoms with E-state index in [4.69, 9.17) is 4.52 Å². The van der Waals surface area contributed by atoms with Crippen molar-refractivity contribution >= 4 is 17.8 Å². The molecule has 2 aliphatic heterocycles. The normalized spacial score (nSPS) is 17.6. The van der Waals surface area contributed by atoms with E-state index in [0.29, 0.717) is 17.7 Å². The number of carbonyl (C=O) groups is 2. The van der Waals surface area contributed by atoms with Crippen molar-refractivity contribution in [3.05, 3.63) is 53.4 Å². The third kappa shape index (κ3) is 4.20. The van der Waals surface area contributed by atoms with Crippen LogP contribution in [-0.2, 0) is 6.54 Å². The van der Waals surface area contributed by atoms with Crippen molar-refractivity contribution in [2.45, 2.75) is 13.5 Å². The Labute approximate surface area is 175 Å². The van der Waals surface area contributed by atoms with Crippen LogP contribution in [0.5, 0.6) is 0 Å². The Kier molecular flexibility index (Phi) is 6.08. The van der Waals surface area contributed by atoms with Crippen LogP contribution in [-0.4, -0.2) is 83.4 Å². The molecule has 0 saturated carbocycles. The number of nitrogens with one attached hydrogen (secondary N) is 1. The highest BCUT2D eigenvalue weighted by Gasteiger charge is 2.34. The molecule has 1 fully saturated rings. The zero-order valence-electron chi connectivity index (χ0n) is 17.1. The van der Waals surface area contributed by atoms with Crippen LogP contribution in [0, 0.1) is 0 Å². The molecule has 2 aliphatic rings. The van der Waals surface area contributed by atoms with Crippen molar-refractivity contribution in [3.8, 4) is 0 Å². The summed E-state index contributed by atoms with van der Waals surface area (Å²) < 4.78 is 4.90. The van der Waals surface area contributed by atoms with Crippen LogP contribution < -0.4 is 5.32 Å². The maximum atomic E-state index is 12.5. The zero-order chi connectivity index (χ0) is 20.9. The summed E-state index contributed by atoms with van der Waals surface area (Å²) in [5, 5.41) is 7.29. The van der Waals surface area contributed by atoms with E-state index in [9.17, 15) is 9.59 Å². The average Bonchev–Trinajstić information content (AvgIpc) is 3.36. The summed E-state index contributed by atoms with van der Waals surface area (Å²) in [7, 11) is 0. The van der Waals surface area contributed by atoms with Crippen molar-refractivity contribution in [2.24, 2.45) is 4.99 Å². The molecule has 0 radical (unpaired) electrons. The van der Waals surface area contributed by atoms with Gasteiger partial charge in [-0.3, -0.25) is 24.4 Å². The predicted octanol–water partition coefficient (Wildman–Crippen LogP) is 1.05. The molecule has 0 bridgehead atoms. The van der Waals surface area contributed by atoms with Gasteiger partial charge in [-0.25, -0.2) is 0 Å². The number of carbonyl (C=O) groups excluding carboxylic acids is 2. The molecular formula is C21H26N6O3. The minimum Gasteiger partial charge on any atom is -0.364 e. The van der Waals surface area contributed by atoms with E-state index in [1.807, 2.05) is 13.0 Å². The molecule has 0 aliphatic carbocycles. The first kappa shape index (κ1) is 20.1. The molecule has 1 aromatic heterocycles. The smallest absolute Gasteiger partial charge is 0.261 e. The van der Waals surface area contributed by atoms with Crippen LogP contribution in [0.15, 0.2) is 46.1 Å². The van der Waals surface area contributed by atoms with Gasteiger partial charge in [-0.1, -0.05) is 17.3 Å². The number of hydrogen-bond acceptors (Lipinski definition) is 6. The van der Waals surface area contributed by atoms with Gasteiger partial charge in [0.1, 0.15) is 6.26 Å². The lowest BCUT2D eigenvalue weighted by atomic mass is 10.1. The van der Waals surface area contributed by atoms with Crippen molar-refractivity contribution < 1.29 is 14.1 Å². The lowest BCUT2D eigenvalue weighted by Gasteiger charge is -2.36. The summed E-state index contributed by atoms with van der Waals surface area (Å²) in [4.78, 5) is 35.5. The van der Waals surface area contributed by atoms with E-state index < -0.39 is 0 Å². The SMILES string of the molecule is CCNC(=NCCN1C(=O)c2ccccc2C1=O)N1CCN(Cc2ccon2)CC1. The van der Waals surface area contributed by atoms with Crippen molar-refractivity contribution in [3.63, 3.8) is 0 Å². The first-order valence-electron chi connectivity index (χ1n) is 10.3. The lowest BCUT2D eigenvalue weighted by molar-refractivity contribution is 0.0659. The first-order chi connectivity index (χ1) is 14.7. The highest BCUT2D eigenvalue weighted by atomic mass is 16.5. The summed E-state index contributed by atoms with van der Waals surface area (Å²) >= 11 is 0. The second kappa shape index (κ2) is 9.08. The number of aliphatic imine (C=N–C) groups is 1. The van der Waals surface area contributed by atoms with E-state index in [1.165, 1.54) is 4.90 Å². The number of hydrogen-bond donors (Lipinski definition) is 1. The summed E-state index contributed by atoms with van der Waals surface area (Å²) in [6.45, 7) is 7.68. The molecule has 30 heavy (non-hydrogen) atoms. The molecule has 2 amide bonds. The van der Waals surface area contributed by atoms with Crippen molar-refractivity contribution in [1.29, 1.82) is 0 Å². The predicted molar refractivity (Wildman–Crippen MR) is 111 cm³/mol. The Morgan fingerprint density at radius 3 is 2.40 bits per heavy atom. The molecule has 1 N–H and O–H groups in total. The maximum Gasteiger partial charge on any atom is 0.261 e. The third-order valence-electron chi connectivity index (χ3n) is 5.35. The van der Waals surface area contributed by atoms with Gasteiger partial charge < -0.3 is 14.7 Å². The van der Waals surface area contributed by atoms with Crippen LogP contribution in [0.25, 0.3) is 0 Å². The van der Waals surface area contributed by atoms with Crippen LogP contribution in [0.4, 0.5) is 0 Å². The lowest BCUT2D eigenvalue weighted by Crippen LogP contribution is -2.52.